The fourth-order valence-corrected chi connectivity index (χ4v) is 4.65. The number of hydrogen-bond donors (Lipinski definition) is 0. The smallest absolute Gasteiger partial charge is 0.458 e. The molecule has 1 aliphatic carbocycles. The summed E-state index contributed by atoms with van der Waals surface area (Å²) in [5, 5.41) is 0.655. The maximum atomic E-state index is 13.2. The number of aryl methyl sites for hydroxylation is 1. The molecule has 0 saturated carbocycles. The van der Waals surface area contributed by atoms with Crippen molar-refractivity contribution in [1.29, 1.82) is 0 Å². The monoisotopic (exact) mass is 527 g/mol. The van der Waals surface area contributed by atoms with Gasteiger partial charge in [0.05, 0.1) is 12.2 Å². The van der Waals surface area contributed by atoms with E-state index in [1.54, 1.807) is 0 Å². The Balaban J connectivity index is 0.000000586. The largest absolute Gasteiger partial charge is 0.673 e. The zero-order valence-corrected chi connectivity index (χ0v) is 20.7. The molecule has 1 heterocycles. The lowest BCUT2D eigenvalue weighted by Crippen LogP contribution is -2.43. The first-order valence-corrected chi connectivity index (χ1v) is 12.1. The molecular formula is C28H23BClF4NO2. The van der Waals surface area contributed by atoms with E-state index in [1.165, 1.54) is 11.1 Å². The van der Waals surface area contributed by atoms with Gasteiger partial charge in [0.25, 0.3) is 5.69 Å². The van der Waals surface area contributed by atoms with Crippen LogP contribution < -0.4 is 4.57 Å². The van der Waals surface area contributed by atoms with Crippen LogP contribution in [0.1, 0.15) is 28.5 Å². The normalized spacial score (nSPS) is 12.1. The number of halogens is 5. The summed E-state index contributed by atoms with van der Waals surface area (Å²) in [4.78, 5) is 13.2. The van der Waals surface area contributed by atoms with Crippen molar-refractivity contribution in [3.63, 3.8) is 0 Å². The zero-order valence-electron chi connectivity index (χ0n) is 19.9. The van der Waals surface area contributed by atoms with Crippen molar-refractivity contribution < 1.29 is 31.4 Å². The minimum atomic E-state index is -6.00. The maximum Gasteiger partial charge on any atom is 0.673 e. The van der Waals surface area contributed by atoms with Gasteiger partial charge in [-0.05, 0) is 54.7 Å². The first-order chi connectivity index (χ1) is 17.7. The third kappa shape index (κ3) is 6.20. The molecular weight excluding hydrogens is 505 g/mol. The van der Waals surface area contributed by atoms with Gasteiger partial charge in [-0.2, -0.15) is 0 Å². The molecule has 9 heteroatoms. The van der Waals surface area contributed by atoms with Crippen LogP contribution in [0.25, 0.3) is 28.1 Å². The number of esters is 1. The third-order valence-electron chi connectivity index (χ3n) is 5.93. The van der Waals surface area contributed by atoms with Gasteiger partial charge in [0.2, 0.25) is 11.4 Å². The van der Waals surface area contributed by atoms with Crippen molar-refractivity contribution in [2.45, 2.75) is 19.8 Å². The Bertz CT molecular complexity index is 1400. The summed E-state index contributed by atoms with van der Waals surface area (Å²) in [7, 11) is -6.00. The van der Waals surface area contributed by atoms with E-state index in [1.807, 2.05) is 60.0 Å². The highest BCUT2D eigenvalue weighted by Gasteiger charge is 2.35. The molecule has 5 rings (SSSR count). The Labute approximate surface area is 217 Å². The number of fused-ring (bicyclic) bond motifs is 3. The second-order valence-electron chi connectivity index (χ2n) is 8.32. The van der Waals surface area contributed by atoms with E-state index in [9.17, 15) is 22.1 Å². The van der Waals surface area contributed by atoms with E-state index in [0.29, 0.717) is 17.3 Å². The summed E-state index contributed by atoms with van der Waals surface area (Å²) >= 11 is 6.18. The zero-order chi connectivity index (χ0) is 26.6. The first-order valence-electron chi connectivity index (χ1n) is 11.7. The van der Waals surface area contributed by atoms with E-state index < -0.39 is 7.25 Å². The molecule has 190 valence electrons. The van der Waals surface area contributed by atoms with Crippen LogP contribution in [0.4, 0.5) is 17.3 Å². The molecule has 0 saturated heterocycles. The molecule has 0 radical (unpaired) electrons. The van der Waals surface area contributed by atoms with Gasteiger partial charge >= 0.3 is 13.2 Å². The standard InChI is InChI=1S/C28H23ClNO2.BF4/c1-2-32-28(31)26-18-25(19-8-4-3-5-9-19)24-17-12-20-10-6-7-11-23(20)27(24)30(26)22-15-13-21(29)14-16-22;2-1(3,4)5/h3-11,13-16,18H,2,12,17H2,1H3;/q+1;-1. The Morgan fingerprint density at radius 1 is 0.892 bits per heavy atom. The van der Waals surface area contributed by atoms with Crippen molar-refractivity contribution in [2.24, 2.45) is 0 Å². The Morgan fingerprint density at radius 2 is 1.51 bits per heavy atom. The number of nitrogens with zero attached hydrogens (tertiary/aromatic N) is 1. The first kappa shape index (κ1) is 26.4. The quantitative estimate of drug-likeness (QED) is 0.119. The lowest BCUT2D eigenvalue weighted by molar-refractivity contribution is -0.587. The number of hydrogen-bond acceptors (Lipinski definition) is 2. The molecule has 4 aromatic rings. The van der Waals surface area contributed by atoms with E-state index in [0.717, 1.165) is 40.9 Å². The van der Waals surface area contributed by atoms with Gasteiger partial charge in [-0.1, -0.05) is 60.1 Å². The number of pyridine rings is 1. The van der Waals surface area contributed by atoms with Crippen LogP contribution in [0, 0.1) is 0 Å². The lowest BCUT2D eigenvalue weighted by atomic mass is 9.84. The third-order valence-corrected chi connectivity index (χ3v) is 6.18. The highest BCUT2D eigenvalue weighted by molar-refractivity contribution is 6.50. The Morgan fingerprint density at radius 3 is 2.16 bits per heavy atom. The van der Waals surface area contributed by atoms with Crippen molar-refractivity contribution in [1.82, 2.24) is 0 Å². The molecule has 0 amide bonds. The van der Waals surface area contributed by atoms with Crippen LogP contribution in [0.5, 0.6) is 0 Å². The fraction of sp³-hybridized carbons (Fsp3) is 0.143. The number of ether oxygens (including phenoxy) is 1. The minimum Gasteiger partial charge on any atom is -0.458 e. The second kappa shape index (κ2) is 11.2. The lowest BCUT2D eigenvalue weighted by Gasteiger charge is -2.22. The predicted octanol–water partition coefficient (Wildman–Crippen LogP) is 7.53. The summed E-state index contributed by atoms with van der Waals surface area (Å²) in [5.41, 5.74) is 8.25. The van der Waals surface area contributed by atoms with Gasteiger partial charge in [-0.15, -0.1) is 4.57 Å². The van der Waals surface area contributed by atoms with E-state index in [4.69, 9.17) is 16.3 Å². The van der Waals surface area contributed by atoms with Gasteiger partial charge < -0.3 is 22.0 Å². The summed E-state index contributed by atoms with van der Waals surface area (Å²) in [6.45, 7) is 2.14. The summed E-state index contributed by atoms with van der Waals surface area (Å²) in [6.07, 6.45) is 1.86. The highest BCUT2D eigenvalue weighted by Crippen LogP contribution is 2.38. The van der Waals surface area contributed by atoms with Gasteiger partial charge in [0.1, 0.15) is 0 Å². The van der Waals surface area contributed by atoms with Crippen molar-refractivity contribution >= 4 is 24.8 Å². The second-order valence-corrected chi connectivity index (χ2v) is 8.76. The van der Waals surface area contributed by atoms with Crippen LogP contribution >= 0.6 is 11.6 Å². The van der Waals surface area contributed by atoms with Crippen molar-refractivity contribution in [3.8, 4) is 28.1 Å². The summed E-state index contributed by atoms with van der Waals surface area (Å²) in [6, 6.07) is 28.3. The molecule has 0 bridgehead atoms. The molecule has 0 N–H and O–H groups in total. The molecule has 1 aliphatic rings. The predicted molar refractivity (Wildman–Crippen MR) is 137 cm³/mol. The highest BCUT2D eigenvalue weighted by atomic mass is 35.5. The van der Waals surface area contributed by atoms with Gasteiger partial charge in [0.15, 0.2) is 0 Å². The van der Waals surface area contributed by atoms with Gasteiger partial charge in [0, 0.05) is 28.8 Å². The molecule has 0 atom stereocenters. The Kier molecular flexibility index (Phi) is 7.98. The van der Waals surface area contributed by atoms with Crippen molar-refractivity contribution in [3.05, 3.63) is 107 Å². The van der Waals surface area contributed by atoms with Crippen molar-refractivity contribution in [2.75, 3.05) is 6.61 Å². The fourth-order valence-electron chi connectivity index (χ4n) is 4.53. The molecule has 0 fully saturated rings. The summed E-state index contributed by atoms with van der Waals surface area (Å²) in [5.74, 6) is -0.342. The van der Waals surface area contributed by atoms with Gasteiger partial charge in [-0.25, -0.2) is 4.79 Å². The molecule has 0 spiro atoms. The summed E-state index contributed by atoms with van der Waals surface area (Å²) < 4.78 is 46.5. The average Bonchev–Trinajstić information content (AvgIpc) is 2.88. The number of carbonyl (C=O) groups is 1. The molecule has 1 aromatic heterocycles. The maximum absolute atomic E-state index is 13.2. The van der Waals surface area contributed by atoms with Crippen LogP contribution in [-0.4, -0.2) is 19.8 Å². The topological polar surface area (TPSA) is 30.2 Å². The number of benzene rings is 3. The number of carbonyl (C=O) groups excluding carboxylic acids is 1. The molecule has 3 aromatic carbocycles. The van der Waals surface area contributed by atoms with Crippen LogP contribution in [0.15, 0.2) is 84.9 Å². The van der Waals surface area contributed by atoms with Crippen LogP contribution in [0.2, 0.25) is 5.02 Å². The number of aromatic nitrogens is 1. The molecule has 0 unspecified atom stereocenters. The Hall–Kier alpha value is -3.65. The van der Waals surface area contributed by atoms with E-state index >= 15 is 0 Å². The molecule has 0 aliphatic heterocycles. The van der Waals surface area contributed by atoms with E-state index in [-0.39, 0.29) is 5.97 Å². The molecule has 37 heavy (non-hydrogen) atoms. The van der Waals surface area contributed by atoms with E-state index in [2.05, 4.69) is 36.4 Å². The average molecular weight is 528 g/mol. The SMILES string of the molecule is CCOC(=O)c1cc(-c2ccccc2)c2c([n+]1-c1ccc(Cl)cc1)-c1ccccc1CC2.F[B-](F)(F)F. The van der Waals surface area contributed by atoms with Gasteiger partial charge in [-0.3, -0.25) is 0 Å². The minimum absolute atomic E-state index is 0.313. The number of rotatable bonds is 4. The van der Waals surface area contributed by atoms with Crippen LogP contribution in [-0.2, 0) is 17.6 Å². The van der Waals surface area contributed by atoms with Crippen LogP contribution in [0.3, 0.4) is 0 Å². The molecule has 3 nitrogen and oxygen atoms in total.